The second-order valence-electron chi connectivity index (χ2n) is 3.02. The van der Waals surface area contributed by atoms with Crippen LogP contribution in [0.5, 0.6) is 0 Å². The zero-order chi connectivity index (χ0) is 12.9. The summed E-state index contributed by atoms with van der Waals surface area (Å²) in [6.07, 6.45) is 6.35. The molecule has 1 aromatic heterocycles. The van der Waals surface area contributed by atoms with Gasteiger partial charge in [0.1, 0.15) is 0 Å². The molecule has 17 heavy (non-hydrogen) atoms. The van der Waals surface area contributed by atoms with Crippen molar-refractivity contribution in [2.24, 2.45) is 5.14 Å². The molecule has 0 saturated heterocycles. The van der Waals surface area contributed by atoms with Gasteiger partial charge in [-0.15, -0.1) is 22.5 Å². The molecule has 0 spiro atoms. The van der Waals surface area contributed by atoms with E-state index in [9.17, 15) is 13.2 Å². The summed E-state index contributed by atoms with van der Waals surface area (Å²) < 4.78 is 21.5. The number of terminal acetylenes is 1. The quantitative estimate of drug-likeness (QED) is 0.443. The monoisotopic (exact) mass is 274 g/mol. The molecule has 0 atom stereocenters. The molecule has 0 bridgehead atoms. The number of primary sulfonamides is 1. The number of sulfonamides is 1. The van der Waals surface area contributed by atoms with Gasteiger partial charge < -0.3 is 5.32 Å². The second kappa shape index (κ2) is 5.72. The summed E-state index contributed by atoms with van der Waals surface area (Å²) >= 11 is 0.700. The van der Waals surface area contributed by atoms with Gasteiger partial charge in [0.2, 0.25) is 15.4 Å². The summed E-state index contributed by atoms with van der Waals surface area (Å²) in [6.45, 7) is 0. The fraction of sp³-hybridized carbons (Fsp3) is 0.375. The first-order valence-corrected chi connectivity index (χ1v) is 6.89. The Kier molecular flexibility index (Phi) is 4.56. The van der Waals surface area contributed by atoms with Crippen LogP contribution in [0.3, 0.4) is 0 Å². The number of hydrogen-bond acceptors (Lipinski definition) is 6. The number of anilines is 1. The van der Waals surface area contributed by atoms with Gasteiger partial charge in [-0.3, -0.25) is 4.79 Å². The van der Waals surface area contributed by atoms with Gasteiger partial charge in [0.15, 0.2) is 0 Å². The highest BCUT2D eigenvalue weighted by Gasteiger charge is 2.15. The third-order valence-electron chi connectivity index (χ3n) is 1.62. The standard InChI is InChI=1S/C8H10N4O3S2/c1-2-3-4-5-6(13)10-7-11-12-8(16-7)17(9,14)15/h1H,3-5H2,(H2,9,14,15)(H,10,11,13). The Bertz CT molecular complexity index is 543. The van der Waals surface area contributed by atoms with E-state index in [1.165, 1.54) is 0 Å². The van der Waals surface area contributed by atoms with Crippen LogP contribution >= 0.6 is 11.3 Å². The molecular weight excluding hydrogens is 264 g/mol. The average Bonchev–Trinajstić information content (AvgIpc) is 2.66. The van der Waals surface area contributed by atoms with Crippen LogP contribution in [0.1, 0.15) is 19.3 Å². The number of rotatable bonds is 5. The molecule has 0 aromatic carbocycles. The molecule has 0 saturated carbocycles. The van der Waals surface area contributed by atoms with E-state index in [4.69, 9.17) is 11.6 Å². The van der Waals surface area contributed by atoms with Gasteiger partial charge in [-0.25, -0.2) is 13.6 Å². The maximum atomic E-state index is 11.3. The lowest BCUT2D eigenvalue weighted by Crippen LogP contribution is -2.11. The van der Waals surface area contributed by atoms with Crippen molar-refractivity contribution in [1.29, 1.82) is 0 Å². The molecule has 0 radical (unpaired) electrons. The van der Waals surface area contributed by atoms with Crippen LogP contribution in [0.25, 0.3) is 0 Å². The van der Waals surface area contributed by atoms with Crippen molar-refractivity contribution >= 4 is 32.4 Å². The molecule has 0 aliphatic carbocycles. The zero-order valence-electron chi connectivity index (χ0n) is 8.71. The Labute approximate surface area is 102 Å². The summed E-state index contributed by atoms with van der Waals surface area (Å²) in [6, 6.07) is 0. The maximum Gasteiger partial charge on any atom is 0.267 e. The van der Waals surface area contributed by atoms with Crippen LogP contribution in [-0.2, 0) is 14.8 Å². The van der Waals surface area contributed by atoms with Crippen LogP contribution in [0.2, 0.25) is 0 Å². The number of nitrogens with two attached hydrogens (primary N) is 1. The van der Waals surface area contributed by atoms with E-state index in [-0.39, 0.29) is 21.8 Å². The lowest BCUT2D eigenvalue weighted by Gasteiger charge is -1.98. The van der Waals surface area contributed by atoms with Crippen molar-refractivity contribution in [3.8, 4) is 12.3 Å². The van der Waals surface area contributed by atoms with E-state index in [1.807, 2.05) is 0 Å². The molecule has 0 fully saturated rings. The molecule has 3 N–H and O–H groups in total. The van der Waals surface area contributed by atoms with Crippen LogP contribution < -0.4 is 10.5 Å². The Morgan fingerprint density at radius 1 is 1.53 bits per heavy atom. The van der Waals surface area contributed by atoms with Crippen LogP contribution in [-0.4, -0.2) is 24.5 Å². The normalized spacial score (nSPS) is 10.8. The molecule has 9 heteroatoms. The number of nitrogens with zero attached hydrogens (tertiary/aromatic N) is 2. The van der Waals surface area contributed by atoms with Gasteiger partial charge in [-0.05, 0) is 6.42 Å². The minimum atomic E-state index is -3.87. The van der Waals surface area contributed by atoms with Crippen molar-refractivity contribution in [2.75, 3.05) is 5.32 Å². The fourth-order valence-corrected chi connectivity index (χ4v) is 2.26. The van der Waals surface area contributed by atoms with E-state index < -0.39 is 10.0 Å². The molecule has 1 heterocycles. The maximum absolute atomic E-state index is 11.3. The smallest absolute Gasteiger partial charge is 0.267 e. The van der Waals surface area contributed by atoms with Crippen molar-refractivity contribution in [3.63, 3.8) is 0 Å². The number of nitrogens with one attached hydrogen (secondary N) is 1. The summed E-state index contributed by atoms with van der Waals surface area (Å²) in [4.78, 5) is 11.3. The molecule has 1 amide bonds. The number of aromatic nitrogens is 2. The molecule has 0 aliphatic rings. The summed E-state index contributed by atoms with van der Waals surface area (Å²) in [5.41, 5.74) is 0. The number of carbonyl (C=O) groups excluding carboxylic acids is 1. The van der Waals surface area contributed by atoms with Gasteiger partial charge >= 0.3 is 0 Å². The lowest BCUT2D eigenvalue weighted by atomic mass is 10.2. The number of hydrogen-bond donors (Lipinski definition) is 2. The Morgan fingerprint density at radius 3 is 2.76 bits per heavy atom. The Balaban J connectivity index is 2.56. The molecular formula is C8H10N4O3S2. The topological polar surface area (TPSA) is 115 Å². The largest absolute Gasteiger partial charge is 0.301 e. The van der Waals surface area contributed by atoms with E-state index in [0.717, 1.165) is 0 Å². The van der Waals surface area contributed by atoms with Gasteiger partial charge in [0, 0.05) is 12.8 Å². The van der Waals surface area contributed by atoms with Crippen LogP contribution in [0.15, 0.2) is 4.34 Å². The highest BCUT2D eigenvalue weighted by Crippen LogP contribution is 2.18. The SMILES string of the molecule is C#CCCCC(=O)Nc1nnc(S(N)(=O)=O)s1. The predicted molar refractivity (Wildman–Crippen MR) is 62.6 cm³/mol. The highest BCUT2D eigenvalue weighted by atomic mass is 32.2. The average molecular weight is 274 g/mol. The summed E-state index contributed by atoms with van der Waals surface area (Å²) in [5, 5.41) is 14.2. The zero-order valence-corrected chi connectivity index (χ0v) is 10.3. The first kappa shape index (κ1) is 13.6. The van der Waals surface area contributed by atoms with Crippen LogP contribution in [0, 0.1) is 12.3 Å². The van der Waals surface area contributed by atoms with Gasteiger partial charge in [-0.2, -0.15) is 0 Å². The summed E-state index contributed by atoms with van der Waals surface area (Å²) in [5.74, 6) is 2.12. The van der Waals surface area contributed by atoms with Crippen molar-refractivity contribution in [3.05, 3.63) is 0 Å². The van der Waals surface area contributed by atoms with E-state index >= 15 is 0 Å². The first-order chi connectivity index (χ1) is 7.93. The van der Waals surface area contributed by atoms with Gasteiger partial charge in [0.05, 0.1) is 0 Å². The second-order valence-corrected chi connectivity index (χ2v) is 5.74. The highest BCUT2D eigenvalue weighted by molar-refractivity contribution is 7.91. The predicted octanol–water partition coefficient (Wildman–Crippen LogP) is -0.0725. The minimum Gasteiger partial charge on any atom is -0.301 e. The number of unbranched alkanes of at least 4 members (excludes halogenated alkanes) is 1. The molecule has 7 nitrogen and oxygen atoms in total. The van der Waals surface area contributed by atoms with Crippen molar-refractivity contribution < 1.29 is 13.2 Å². The molecule has 1 aromatic rings. The third kappa shape index (κ3) is 4.48. The van der Waals surface area contributed by atoms with E-state index in [2.05, 4.69) is 21.4 Å². The molecule has 92 valence electrons. The third-order valence-corrected chi connectivity index (χ3v) is 3.77. The van der Waals surface area contributed by atoms with E-state index in [0.29, 0.717) is 24.2 Å². The Hall–Kier alpha value is -1.50. The van der Waals surface area contributed by atoms with Crippen molar-refractivity contribution in [2.45, 2.75) is 23.6 Å². The molecule has 0 aliphatic heterocycles. The number of carbonyl (C=O) groups is 1. The molecule has 0 unspecified atom stereocenters. The lowest BCUT2D eigenvalue weighted by molar-refractivity contribution is -0.116. The first-order valence-electron chi connectivity index (χ1n) is 4.53. The van der Waals surface area contributed by atoms with Gasteiger partial charge in [-0.1, -0.05) is 11.3 Å². The molecule has 1 rings (SSSR count). The number of amides is 1. The van der Waals surface area contributed by atoms with Crippen molar-refractivity contribution in [1.82, 2.24) is 10.2 Å². The summed E-state index contributed by atoms with van der Waals surface area (Å²) in [7, 11) is -3.87. The van der Waals surface area contributed by atoms with Crippen LogP contribution in [0.4, 0.5) is 5.13 Å². The Morgan fingerprint density at radius 2 is 2.24 bits per heavy atom. The van der Waals surface area contributed by atoms with E-state index in [1.54, 1.807) is 0 Å². The fourth-order valence-electron chi connectivity index (χ4n) is 0.908. The minimum absolute atomic E-state index is 0.0970. The van der Waals surface area contributed by atoms with Gasteiger partial charge in [0.25, 0.3) is 10.0 Å².